The number of amides is 2. The molecule has 2 aliphatic heterocycles. The van der Waals surface area contributed by atoms with E-state index in [9.17, 15) is 9.59 Å². The molecule has 1 spiro atoms. The third-order valence-corrected chi connectivity index (χ3v) is 5.44. The highest BCUT2D eigenvalue weighted by Crippen LogP contribution is 2.33. The summed E-state index contributed by atoms with van der Waals surface area (Å²) in [6.45, 7) is 5.48. The van der Waals surface area contributed by atoms with Gasteiger partial charge < -0.3 is 15.1 Å². The van der Waals surface area contributed by atoms with Gasteiger partial charge in [-0.15, -0.1) is 0 Å². The predicted octanol–water partition coefficient (Wildman–Crippen LogP) is 1.13. The number of likely N-dealkylation sites (tertiary alicyclic amines) is 1. The van der Waals surface area contributed by atoms with E-state index in [0.717, 1.165) is 58.2 Å². The van der Waals surface area contributed by atoms with Crippen molar-refractivity contribution in [2.75, 3.05) is 26.2 Å². The number of carbonyl (C=O) groups excluding carboxylic acids is 2. The van der Waals surface area contributed by atoms with Gasteiger partial charge in [0.15, 0.2) is 0 Å². The van der Waals surface area contributed by atoms with Gasteiger partial charge in [-0.2, -0.15) is 0 Å². The molecule has 1 aliphatic carbocycles. The highest BCUT2D eigenvalue weighted by molar-refractivity contribution is 5.98. The average Bonchev–Trinajstić information content (AvgIpc) is 2.52. The monoisotopic (exact) mass is 293 g/mol. The highest BCUT2D eigenvalue weighted by atomic mass is 16.2. The largest absolute Gasteiger partial charge is 0.340 e. The van der Waals surface area contributed by atoms with Crippen molar-refractivity contribution in [2.45, 2.75) is 63.5 Å². The molecule has 0 aromatic heterocycles. The van der Waals surface area contributed by atoms with E-state index in [1.807, 2.05) is 4.90 Å². The number of hydrogen-bond donors (Lipinski definition) is 1. The van der Waals surface area contributed by atoms with Gasteiger partial charge in [0, 0.05) is 12.6 Å². The molecule has 1 atom stereocenters. The van der Waals surface area contributed by atoms with Crippen molar-refractivity contribution in [2.24, 2.45) is 0 Å². The van der Waals surface area contributed by atoms with Crippen molar-refractivity contribution < 1.29 is 9.59 Å². The van der Waals surface area contributed by atoms with Crippen LogP contribution in [0, 0.1) is 0 Å². The minimum atomic E-state index is -0.581. The van der Waals surface area contributed by atoms with E-state index in [1.54, 1.807) is 0 Å². The van der Waals surface area contributed by atoms with E-state index in [-0.39, 0.29) is 24.4 Å². The van der Waals surface area contributed by atoms with Gasteiger partial charge in [-0.05, 0) is 38.8 Å². The van der Waals surface area contributed by atoms with Crippen molar-refractivity contribution in [3.8, 4) is 0 Å². The Bertz CT molecular complexity index is 418. The van der Waals surface area contributed by atoms with Crippen LogP contribution < -0.4 is 5.32 Å². The lowest BCUT2D eigenvalue weighted by Gasteiger charge is -2.48. The summed E-state index contributed by atoms with van der Waals surface area (Å²) in [4.78, 5) is 29.5. The molecule has 0 bridgehead atoms. The maximum Gasteiger partial charge on any atom is 0.249 e. The molecule has 0 aromatic carbocycles. The lowest BCUT2D eigenvalue weighted by molar-refractivity contribution is -0.155. The minimum absolute atomic E-state index is 0.0325. The predicted molar refractivity (Wildman–Crippen MR) is 80.8 cm³/mol. The summed E-state index contributed by atoms with van der Waals surface area (Å²) < 4.78 is 0. The maximum atomic E-state index is 13.0. The van der Waals surface area contributed by atoms with Crippen LogP contribution in [-0.2, 0) is 9.59 Å². The Hall–Kier alpha value is -1.10. The molecule has 1 unspecified atom stereocenters. The number of nitrogens with zero attached hydrogens (tertiary/aromatic N) is 2. The summed E-state index contributed by atoms with van der Waals surface area (Å²) >= 11 is 0. The van der Waals surface area contributed by atoms with Crippen molar-refractivity contribution >= 4 is 11.8 Å². The van der Waals surface area contributed by atoms with Gasteiger partial charge in [0.05, 0.1) is 6.54 Å². The van der Waals surface area contributed by atoms with Gasteiger partial charge in [0.1, 0.15) is 5.54 Å². The van der Waals surface area contributed by atoms with Crippen LogP contribution in [0.4, 0.5) is 0 Å². The van der Waals surface area contributed by atoms with Crippen LogP contribution in [-0.4, -0.2) is 59.4 Å². The Balaban J connectivity index is 1.77. The Morgan fingerprint density at radius 1 is 1.19 bits per heavy atom. The molecule has 3 aliphatic rings. The molecular formula is C16H27N3O2. The maximum absolute atomic E-state index is 13.0. The molecule has 0 aromatic rings. The van der Waals surface area contributed by atoms with Crippen LogP contribution in [0.5, 0.6) is 0 Å². The van der Waals surface area contributed by atoms with Gasteiger partial charge >= 0.3 is 0 Å². The number of likely N-dealkylation sites (N-methyl/N-ethyl adjacent to an activating group) is 1. The average molecular weight is 293 g/mol. The van der Waals surface area contributed by atoms with Gasteiger partial charge in [-0.1, -0.05) is 26.2 Å². The van der Waals surface area contributed by atoms with E-state index < -0.39 is 5.54 Å². The second-order valence-electron chi connectivity index (χ2n) is 6.81. The summed E-state index contributed by atoms with van der Waals surface area (Å²) in [5.74, 6) is 0.217. The van der Waals surface area contributed by atoms with E-state index >= 15 is 0 Å². The first kappa shape index (κ1) is 14.8. The number of piperidine rings is 1. The normalized spacial score (nSPS) is 30.5. The SMILES string of the molecule is CCN1CCCC(N2CC(=O)NC3(CCCCC3)C2=O)C1. The molecule has 2 heterocycles. The van der Waals surface area contributed by atoms with Crippen LogP contribution in [0.3, 0.4) is 0 Å². The fourth-order valence-electron chi connectivity index (χ4n) is 4.22. The third kappa shape index (κ3) is 2.80. The van der Waals surface area contributed by atoms with Crippen LogP contribution in [0.1, 0.15) is 51.9 Å². The standard InChI is InChI=1S/C16H27N3O2/c1-2-18-10-6-7-13(11-18)19-12-14(20)17-16(15(19)21)8-4-3-5-9-16/h13H,2-12H2,1H3,(H,17,20). The molecule has 21 heavy (non-hydrogen) atoms. The number of piperazine rings is 1. The summed E-state index contributed by atoms with van der Waals surface area (Å²) in [6, 6.07) is 0.219. The van der Waals surface area contributed by atoms with Crippen LogP contribution in [0.2, 0.25) is 0 Å². The lowest BCUT2D eigenvalue weighted by atomic mass is 9.78. The zero-order chi connectivity index (χ0) is 14.9. The quantitative estimate of drug-likeness (QED) is 0.830. The number of hydrogen-bond acceptors (Lipinski definition) is 3. The fraction of sp³-hybridized carbons (Fsp3) is 0.875. The van der Waals surface area contributed by atoms with Crippen LogP contribution >= 0.6 is 0 Å². The van der Waals surface area contributed by atoms with Gasteiger partial charge in [0.2, 0.25) is 11.8 Å². The first-order valence-corrected chi connectivity index (χ1v) is 8.49. The molecule has 1 saturated carbocycles. The van der Waals surface area contributed by atoms with Crippen molar-refractivity contribution in [3.05, 3.63) is 0 Å². The Morgan fingerprint density at radius 2 is 1.95 bits per heavy atom. The first-order valence-electron chi connectivity index (χ1n) is 8.49. The zero-order valence-corrected chi connectivity index (χ0v) is 13.1. The molecule has 3 fully saturated rings. The molecule has 1 N–H and O–H groups in total. The highest BCUT2D eigenvalue weighted by Gasteiger charge is 2.48. The summed E-state index contributed by atoms with van der Waals surface area (Å²) in [5.41, 5.74) is -0.581. The molecule has 5 nitrogen and oxygen atoms in total. The number of nitrogens with one attached hydrogen (secondary N) is 1. The second kappa shape index (κ2) is 5.95. The molecule has 0 radical (unpaired) electrons. The topological polar surface area (TPSA) is 52.6 Å². The molecule has 3 rings (SSSR count). The van der Waals surface area contributed by atoms with Gasteiger partial charge in [0.25, 0.3) is 0 Å². The molecule has 2 amide bonds. The van der Waals surface area contributed by atoms with Crippen molar-refractivity contribution in [3.63, 3.8) is 0 Å². The first-order chi connectivity index (χ1) is 10.1. The fourth-order valence-corrected chi connectivity index (χ4v) is 4.22. The van der Waals surface area contributed by atoms with Crippen molar-refractivity contribution in [1.29, 1.82) is 0 Å². The van der Waals surface area contributed by atoms with E-state index in [2.05, 4.69) is 17.1 Å². The molecule has 118 valence electrons. The zero-order valence-electron chi connectivity index (χ0n) is 13.1. The Labute approximate surface area is 127 Å². The third-order valence-electron chi connectivity index (χ3n) is 5.44. The van der Waals surface area contributed by atoms with Crippen LogP contribution in [0.25, 0.3) is 0 Å². The molecule has 2 saturated heterocycles. The summed E-state index contributed by atoms with van der Waals surface area (Å²) in [7, 11) is 0. The van der Waals surface area contributed by atoms with Gasteiger partial charge in [-0.3, -0.25) is 9.59 Å². The van der Waals surface area contributed by atoms with Crippen molar-refractivity contribution in [1.82, 2.24) is 15.1 Å². The minimum Gasteiger partial charge on any atom is -0.340 e. The lowest BCUT2D eigenvalue weighted by Crippen LogP contribution is -2.70. The summed E-state index contributed by atoms with van der Waals surface area (Å²) in [5, 5.41) is 3.03. The molecule has 5 heteroatoms. The Morgan fingerprint density at radius 3 is 2.67 bits per heavy atom. The number of rotatable bonds is 2. The number of carbonyl (C=O) groups is 2. The van der Waals surface area contributed by atoms with Gasteiger partial charge in [-0.25, -0.2) is 0 Å². The Kier molecular flexibility index (Phi) is 4.20. The smallest absolute Gasteiger partial charge is 0.249 e. The van der Waals surface area contributed by atoms with Crippen LogP contribution in [0.15, 0.2) is 0 Å². The van der Waals surface area contributed by atoms with E-state index in [0.29, 0.717) is 0 Å². The van der Waals surface area contributed by atoms with E-state index in [1.165, 1.54) is 6.42 Å². The molecular weight excluding hydrogens is 266 g/mol. The van der Waals surface area contributed by atoms with E-state index in [4.69, 9.17) is 0 Å². The summed E-state index contributed by atoms with van der Waals surface area (Å²) in [6.07, 6.45) is 7.06. The second-order valence-corrected chi connectivity index (χ2v) is 6.81.